The van der Waals surface area contributed by atoms with Gasteiger partial charge in [-0.2, -0.15) is 0 Å². The van der Waals surface area contributed by atoms with Crippen LogP contribution in [0.15, 0.2) is 158 Å². The van der Waals surface area contributed by atoms with Crippen molar-refractivity contribution in [2.75, 3.05) is 10.2 Å². The highest BCUT2D eigenvalue weighted by atomic mass is 32.1. The SMILES string of the molecule is Cc1cc2c(cc1N1c3cc(-c4ccccc4)cc(-c4cc5ccccc5cc4Nc4ccc(-c5ccccc5)cc4)c3Bc3sc4cc5c(cc4c31)C(C)(C)CCC5(C)C)C(C)(C)CCC2(C)C. The Morgan fingerprint density at radius 2 is 1.00 bits per heavy atom. The first kappa shape index (κ1) is 43.9. The Kier molecular flexibility index (Phi) is 10.1. The standard InChI is InChI=1S/C65H63BN2S/c1-40-32-51-53(64(6,7)30-28-62(51,2)3)38-56(40)68-57-36-46(42-20-14-11-15-21-42)34-49(59(57)66-61-60(68)50-37-52-54(39-58(50)69-61)65(8,9)31-29-63(52,4)5)48-33-44-22-16-17-23-45(44)35-55(48)67-47-26-24-43(25-27-47)41-18-12-10-13-19-41/h10-27,32-39,66-67H,28-31H2,1-9H3. The molecule has 1 aliphatic heterocycles. The molecule has 0 unspecified atom stereocenters. The van der Waals surface area contributed by atoms with Gasteiger partial charge in [-0.25, -0.2) is 0 Å². The van der Waals surface area contributed by atoms with Gasteiger partial charge in [0.15, 0.2) is 0 Å². The summed E-state index contributed by atoms with van der Waals surface area (Å²) in [7, 11) is 0.850. The average Bonchev–Trinajstić information content (AvgIpc) is 3.71. The maximum Gasteiger partial charge on any atom is 0.211 e. The Balaban J connectivity index is 1.14. The van der Waals surface area contributed by atoms with Gasteiger partial charge in [0.1, 0.15) is 0 Å². The minimum absolute atomic E-state index is 0.0577. The lowest BCUT2D eigenvalue weighted by Gasteiger charge is -2.44. The molecule has 0 saturated carbocycles. The largest absolute Gasteiger partial charge is 0.355 e. The highest BCUT2D eigenvalue weighted by Gasteiger charge is 2.42. The number of aryl methyl sites for hydroxylation is 1. The van der Waals surface area contributed by atoms with Gasteiger partial charge in [-0.05, 0) is 186 Å². The molecule has 12 rings (SSSR count). The Labute approximate surface area is 414 Å². The maximum absolute atomic E-state index is 3.99. The molecule has 3 aliphatic rings. The van der Waals surface area contributed by atoms with Gasteiger partial charge in [0.2, 0.25) is 7.28 Å². The molecule has 0 atom stereocenters. The van der Waals surface area contributed by atoms with Crippen LogP contribution in [0.25, 0.3) is 54.2 Å². The fourth-order valence-electron chi connectivity index (χ4n) is 12.2. The summed E-state index contributed by atoms with van der Waals surface area (Å²) < 4.78 is 2.84. The molecule has 0 radical (unpaired) electrons. The molecule has 69 heavy (non-hydrogen) atoms. The fraction of sp³-hybridized carbons (Fsp3) is 0.262. The molecule has 1 aromatic heterocycles. The minimum atomic E-state index is 0.0577. The Hall–Kier alpha value is -6.36. The lowest BCUT2D eigenvalue weighted by atomic mass is 9.61. The first-order valence-corrected chi connectivity index (χ1v) is 26.1. The van der Waals surface area contributed by atoms with Gasteiger partial charge >= 0.3 is 0 Å². The molecule has 2 aliphatic carbocycles. The lowest BCUT2D eigenvalue weighted by molar-refractivity contribution is 0.332. The fourth-order valence-corrected chi connectivity index (χ4v) is 13.4. The van der Waals surface area contributed by atoms with Crippen LogP contribution in [0.3, 0.4) is 0 Å². The van der Waals surface area contributed by atoms with Crippen LogP contribution >= 0.6 is 11.3 Å². The number of hydrogen-bond donors (Lipinski definition) is 1. The van der Waals surface area contributed by atoms with Crippen molar-refractivity contribution < 1.29 is 0 Å². The Bertz CT molecular complexity index is 3500. The van der Waals surface area contributed by atoms with E-state index in [4.69, 9.17) is 0 Å². The zero-order valence-electron chi connectivity index (χ0n) is 41.9. The predicted octanol–water partition coefficient (Wildman–Crippen LogP) is 17.0. The molecule has 8 aromatic carbocycles. The number of nitrogens with one attached hydrogen (secondary N) is 1. The average molecular weight is 915 g/mol. The molecule has 0 amide bonds. The summed E-state index contributed by atoms with van der Waals surface area (Å²) in [5.74, 6) is 0. The summed E-state index contributed by atoms with van der Waals surface area (Å²) in [6, 6.07) is 59.8. The number of anilines is 5. The van der Waals surface area contributed by atoms with Gasteiger partial charge in [0.05, 0.1) is 5.69 Å². The molecular weight excluding hydrogens is 852 g/mol. The summed E-state index contributed by atoms with van der Waals surface area (Å²) in [6.45, 7) is 22.1. The van der Waals surface area contributed by atoms with E-state index in [1.807, 2.05) is 11.3 Å². The third kappa shape index (κ3) is 7.36. The van der Waals surface area contributed by atoms with Crippen LogP contribution in [0.1, 0.15) is 109 Å². The van der Waals surface area contributed by atoms with Gasteiger partial charge in [-0.3, -0.25) is 0 Å². The zero-order chi connectivity index (χ0) is 47.6. The quantitative estimate of drug-likeness (QED) is 0.167. The maximum atomic E-state index is 3.99. The van der Waals surface area contributed by atoms with Crippen LogP contribution < -0.4 is 20.5 Å². The summed E-state index contributed by atoms with van der Waals surface area (Å²) in [6.07, 6.45) is 4.75. The van der Waals surface area contributed by atoms with Crippen LogP contribution in [0.2, 0.25) is 0 Å². The second-order valence-corrected chi connectivity index (χ2v) is 24.3. The molecular formula is C65H63BN2S. The van der Waals surface area contributed by atoms with E-state index in [1.54, 1.807) is 0 Å². The van der Waals surface area contributed by atoms with Crippen molar-refractivity contribution in [3.8, 4) is 33.4 Å². The third-order valence-electron chi connectivity index (χ3n) is 16.7. The molecule has 9 aromatic rings. The molecule has 4 heteroatoms. The van der Waals surface area contributed by atoms with Crippen LogP contribution in [0.4, 0.5) is 28.4 Å². The number of fused-ring (bicyclic) bond motifs is 7. The molecule has 0 saturated heterocycles. The lowest BCUT2D eigenvalue weighted by Crippen LogP contribution is -2.40. The molecule has 2 nitrogen and oxygen atoms in total. The summed E-state index contributed by atoms with van der Waals surface area (Å²) in [5.41, 5.74) is 22.6. The predicted molar refractivity (Wildman–Crippen MR) is 302 cm³/mol. The van der Waals surface area contributed by atoms with Crippen LogP contribution in [0.5, 0.6) is 0 Å². The summed E-state index contributed by atoms with van der Waals surface area (Å²) in [5, 5.41) is 7.83. The number of nitrogens with zero attached hydrogens (tertiary/aromatic N) is 1. The number of benzene rings is 8. The first-order valence-electron chi connectivity index (χ1n) is 25.3. The number of thiophene rings is 1. The molecule has 1 N–H and O–H groups in total. The van der Waals surface area contributed by atoms with Crippen molar-refractivity contribution in [3.05, 3.63) is 186 Å². The summed E-state index contributed by atoms with van der Waals surface area (Å²) in [4.78, 5) is 2.74. The zero-order valence-corrected chi connectivity index (χ0v) is 42.7. The van der Waals surface area contributed by atoms with Crippen molar-refractivity contribution in [2.24, 2.45) is 0 Å². The van der Waals surface area contributed by atoms with E-state index in [0.29, 0.717) is 0 Å². The van der Waals surface area contributed by atoms with E-state index in [2.05, 4.69) is 230 Å². The van der Waals surface area contributed by atoms with Gasteiger partial charge in [-0.15, -0.1) is 11.3 Å². The number of hydrogen-bond acceptors (Lipinski definition) is 3. The highest BCUT2D eigenvalue weighted by molar-refractivity contribution is 7.29. The van der Waals surface area contributed by atoms with Crippen molar-refractivity contribution >= 4 is 78.2 Å². The first-order chi connectivity index (χ1) is 33.0. The van der Waals surface area contributed by atoms with Crippen molar-refractivity contribution in [2.45, 2.75) is 110 Å². The smallest absolute Gasteiger partial charge is 0.211 e. The van der Waals surface area contributed by atoms with E-state index in [1.165, 1.54) is 135 Å². The van der Waals surface area contributed by atoms with Crippen LogP contribution in [-0.4, -0.2) is 7.28 Å². The Morgan fingerprint density at radius 3 is 1.62 bits per heavy atom. The highest BCUT2D eigenvalue weighted by Crippen LogP contribution is 2.54. The summed E-state index contributed by atoms with van der Waals surface area (Å²) >= 11 is 2.03. The topological polar surface area (TPSA) is 15.3 Å². The van der Waals surface area contributed by atoms with E-state index < -0.39 is 0 Å². The minimum Gasteiger partial charge on any atom is -0.355 e. The normalized spacial score (nSPS) is 17.1. The van der Waals surface area contributed by atoms with Gasteiger partial charge in [-0.1, -0.05) is 159 Å². The van der Waals surface area contributed by atoms with Crippen LogP contribution in [-0.2, 0) is 21.7 Å². The molecule has 342 valence electrons. The second kappa shape index (κ2) is 15.8. The molecule has 0 bridgehead atoms. The van der Waals surface area contributed by atoms with Crippen molar-refractivity contribution in [3.63, 3.8) is 0 Å². The van der Waals surface area contributed by atoms with E-state index >= 15 is 0 Å². The second-order valence-electron chi connectivity index (χ2n) is 23.2. The molecule has 0 fully saturated rings. The van der Waals surface area contributed by atoms with Gasteiger partial charge < -0.3 is 10.2 Å². The van der Waals surface area contributed by atoms with Crippen molar-refractivity contribution in [1.82, 2.24) is 0 Å². The molecule has 2 heterocycles. The van der Waals surface area contributed by atoms with Crippen LogP contribution in [0, 0.1) is 6.92 Å². The monoisotopic (exact) mass is 914 g/mol. The van der Waals surface area contributed by atoms with E-state index in [9.17, 15) is 0 Å². The third-order valence-corrected chi connectivity index (χ3v) is 17.8. The van der Waals surface area contributed by atoms with Crippen molar-refractivity contribution in [1.29, 1.82) is 0 Å². The van der Waals surface area contributed by atoms with Gasteiger partial charge in [0.25, 0.3) is 0 Å². The van der Waals surface area contributed by atoms with Gasteiger partial charge in [0, 0.05) is 38.4 Å². The number of rotatable bonds is 6. The van der Waals surface area contributed by atoms with E-state index in [0.717, 1.165) is 18.7 Å². The van der Waals surface area contributed by atoms with E-state index in [-0.39, 0.29) is 21.7 Å². The molecule has 0 spiro atoms. The Morgan fingerprint density at radius 1 is 0.478 bits per heavy atom.